The summed E-state index contributed by atoms with van der Waals surface area (Å²) in [6, 6.07) is 5.03. The molecular weight excluding hydrogens is 917 g/mol. The number of carbonyl (C=O) groups excluding carboxylic acids is 3. The van der Waals surface area contributed by atoms with Gasteiger partial charge in [0.05, 0.1) is 37.6 Å². The molecule has 374 valence electrons. The standard InChI is InChI=1S/C53H64N4O12S/c1-10-12-13-14-15-16-38(58)68-46-29(4)47-48(66-27-65-47)40-35-25-64-50(60)53(32-23-36(62-8)37(22-30(32)17-18-55-53)67-51(61)69-52(5,6)7)26-70-49(41(40)46)43-42-39-31(20-28(3)45(63-9)44(39)59)21-33(56(42)19-11-2)34(24-54)57(35)43/h11,20,22-23,33-35,42-43,49,55,59H,2,10,12-19,21,25-27H2,1,3-9H3/t33-,34-,35-,42-,43?,49+,53+/m0/s1. The van der Waals surface area contributed by atoms with Crippen LogP contribution in [0, 0.1) is 25.2 Å². The molecule has 0 amide bonds. The monoisotopic (exact) mass is 980 g/mol. The molecule has 1 unspecified atom stereocenters. The third-order valence-corrected chi connectivity index (χ3v) is 16.1. The van der Waals surface area contributed by atoms with Gasteiger partial charge in [-0.2, -0.15) is 5.26 Å². The summed E-state index contributed by atoms with van der Waals surface area (Å²) in [7, 11) is 3.00. The minimum Gasteiger partial charge on any atom is -0.504 e. The van der Waals surface area contributed by atoms with E-state index >= 15 is 4.79 Å². The number of nitrogens with one attached hydrogen (secondary N) is 1. The molecule has 0 aliphatic carbocycles. The van der Waals surface area contributed by atoms with Crippen LogP contribution >= 0.6 is 11.8 Å². The lowest BCUT2D eigenvalue weighted by Gasteiger charge is -2.62. The van der Waals surface area contributed by atoms with Crippen molar-refractivity contribution in [3.05, 3.63) is 75.4 Å². The highest BCUT2D eigenvalue weighted by Gasteiger charge is 2.62. The van der Waals surface area contributed by atoms with E-state index < -0.39 is 52.7 Å². The number of phenolic OH excluding ortho intramolecular Hbond substituents is 1. The number of hydrogen-bond acceptors (Lipinski definition) is 17. The number of aryl methyl sites for hydroxylation is 1. The highest BCUT2D eigenvalue weighted by atomic mass is 32.2. The van der Waals surface area contributed by atoms with Crippen molar-refractivity contribution in [1.82, 2.24) is 15.1 Å². The minimum atomic E-state index is -1.47. The maximum Gasteiger partial charge on any atom is 0.514 e. The molecule has 17 heteroatoms. The minimum absolute atomic E-state index is 0.0161. The number of benzene rings is 3. The normalized spacial score (nSPS) is 25.3. The predicted octanol–water partition coefficient (Wildman–Crippen LogP) is 8.49. The zero-order chi connectivity index (χ0) is 49.8. The molecule has 1 spiro atoms. The molecular formula is C53H64N4O12S. The Hall–Kier alpha value is -5.67. The third-order valence-electron chi connectivity index (χ3n) is 14.6. The van der Waals surface area contributed by atoms with Crippen molar-refractivity contribution in [2.45, 2.75) is 140 Å². The Bertz CT molecular complexity index is 2640. The Balaban J connectivity index is 1.26. The maximum atomic E-state index is 15.3. The first-order valence-corrected chi connectivity index (χ1v) is 25.4. The molecule has 7 atom stereocenters. The van der Waals surface area contributed by atoms with Gasteiger partial charge in [-0.05, 0) is 88.3 Å². The van der Waals surface area contributed by atoms with Crippen molar-refractivity contribution in [2.24, 2.45) is 0 Å². The quantitative estimate of drug-likeness (QED) is 0.0578. The fourth-order valence-electron chi connectivity index (χ4n) is 11.8. The van der Waals surface area contributed by atoms with Gasteiger partial charge in [0.25, 0.3) is 0 Å². The molecule has 7 aliphatic heterocycles. The summed E-state index contributed by atoms with van der Waals surface area (Å²) in [5.41, 5.74) is 3.30. The summed E-state index contributed by atoms with van der Waals surface area (Å²) in [5.74, 6) is 1.10. The molecule has 7 aliphatic rings. The van der Waals surface area contributed by atoms with Crippen molar-refractivity contribution in [1.29, 1.82) is 5.26 Å². The van der Waals surface area contributed by atoms with Crippen molar-refractivity contribution < 1.29 is 57.4 Å². The van der Waals surface area contributed by atoms with Crippen LogP contribution in [-0.4, -0.2) is 103 Å². The van der Waals surface area contributed by atoms with Gasteiger partial charge >= 0.3 is 18.1 Å². The number of fused-ring (bicyclic) bond motifs is 9. The summed E-state index contributed by atoms with van der Waals surface area (Å²) in [4.78, 5) is 46.8. The van der Waals surface area contributed by atoms with Gasteiger partial charge in [0, 0.05) is 59.6 Å². The van der Waals surface area contributed by atoms with Gasteiger partial charge in [-0.25, -0.2) is 9.59 Å². The van der Waals surface area contributed by atoms with Crippen LogP contribution in [0.15, 0.2) is 30.9 Å². The molecule has 10 rings (SSSR count). The van der Waals surface area contributed by atoms with E-state index in [0.717, 1.165) is 42.4 Å². The molecule has 0 aromatic heterocycles. The zero-order valence-corrected chi connectivity index (χ0v) is 42.2. The average Bonchev–Trinajstić information content (AvgIpc) is 3.81. The van der Waals surface area contributed by atoms with E-state index in [4.69, 9.17) is 37.9 Å². The van der Waals surface area contributed by atoms with Crippen LogP contribution in [0.1, 0.15) is 128 Å². The Labute approximate surface area is 413 Å². The lowest BCUT2D eigenvalue weighted by molar-refractivity contribution is -0.157. The number of aromatic hydroxyl groups is 1. The van der Waals surface area contributed by atoms with Crippen molar-refractivity contribution in [3.63, 3.8) is 0 Å². The van der Waals surface area contributed by atoms with Gasteiger partial charge in [-0.1, -0.05) is 44.7 Å². The number of hydrogen-bond donors (Lipinski definition) is 2. The van der Waals surface area contributed by atoms with Crippen LogP contribution in [0.25, 0.3) is 0 Å². The summed E-state index contributed by atoms with van der Waals surface area (Å²) >= 11 is 1.47. The van der Waals surface area contributed by atoms with Gasteiger partial charge in [0.1, 0.15) is 24.0 Å². The summed E-state index contributed by atoms with van der Waals surface area (Å²) in [6.07, 6.45) is 6.79. The largest absolute Gasteiger partial charge is 0.514 e. The Morgan fingerprint density at radius 1 is 1.00 bits per heavy atom. The molecule has 16 nitrogen and oxygen atoms in total. The highest BCUT2D eigenvalue weighted by Crippen LogP contribution is 2.65. The fraction of sp³-hybridized carbons (Fsp3) is 0.547. The second-order valence-corrected chi connectivity index (χ2v) is 21.1. The molecule has 4 bridgehead atoms. The lowest BCUT2D eigenvalue weighted by atomic mass is 9.71. The van der Waals surface area contributed by atoms with Gasteiger partial charge in [-0.3, -0.25) is 19.9 Å². The summed E-state index contributed by atoms with van der Waals surface area (Å²) in [5, 5.41) is 26.8. The average molecular weight is 981 g/mol. The first-order chi connectivity index (χ1) is 33.6. The van der Waals surface area contributed by atoms with Crippen molar-refractivity contribution >= 4 is 29.9 Å². The van der Waals surface area contributed by atoms with Gasteiger partial charge < -0.3 is 43.0 Å². The number of unbranched alkanes of at least 4 members (excludes halogenated alkanes) is 4. The number of carbonyl (C=O) groups is 3. The smallest absolute Gasteiger partial charge is 0.504 e. The lowest BCUT2D eigenvalue weighted by Crippen LogP contribution is -2.70. The van der Waals surface area contributed by atoms with Crippen molar-refractivity contribution in [3.8, 4) is 46.3 Å². The number of nitrogens with zero attached hydrogens (tertiary/aromatic N) is 3. The fourth-order valence-corrected chi connectivity index (χ4v) is 13.4. The number of rotatable bonds is 12. The topological polar surface area (TPSA) is 188 Å². The van der Waals surface area contributed by atoms with E-state index in [0.29, 0.717) is 83.2 Å². The number of piperazine rings is 1. The Kier molecular flexibility index (Phi) is 13.7. The van der Waals surface area contributed by atoms with Crippen LogP contribution in [-0.2, 0) is 37.4 Å². The second kappa shape index (κ2) is 19.5. The molecule has 2 saturated heterocycles. The second-order valence-electron chi connectivity index (χ2n) is 20.0. The van der Waals surface area contributed by atoms with E-state index in [-0.39, 0.29) is 54.8 Å². The summed E-state index contributed by atoms with van der Waals surface area (Å²) in [6.45, 7) is 15.8. The van der Waals surface area contributed by atoms with Crippen LogP contribution < -0.4 is 33.7 Å². The first-order valence-electron chi connectivity index (χ1n) is 24.4. The molecule has 2 fully saturated rings. The molecule has 70 heavy (non-hydrogen) atoms. The van der Waals surface area contributed by atoms with E-state index in [9.17, 15) is 20.0 Å². The number of nitriles is 1. The number of phenols is 1. The van der Waals surface area contributed by atoms with E-state index in [1.54, 1.807) is 32.9 Å². The number of methoxy groups -OCH3 is 2. The third kappa shape index (κ3) is 8.37. The van der Waals surface area contributed by atoms with Gasteiger partial charge in [0.2, 0.25) is 6.79 Å². The first kappa shape index (κ1) is 49.3. The molecule has 0 saturated carbocycles. The molecule has 2 N–H and O–H groups in total. The van der Waals surface area contributed by atoms with Crippen molar-refractivity contribution in [2.75, 3.05) is 46.5 Å². The molecule has 3 aromatic carbocycles. The number of esters is 2. The van der Waals surface area contributed by atoms with E-state index in [1.807, 2.05) is 26.0 Å². The highest BCUT2D eigenvalue weighted by molar-refractivity contribution is 7.99. The van der Waals surface area contributed by atoms with Crippen LogP contribution in [0.4, 0.5) is 4.79 Å². The SMILES string of the molecule is C=CCN1[C@H]2c3c(cc(C)c(OC)c3O)C[C@H]1[C@H](C#N)N1C2[C@@H]2SC[C@]3(NCCc4cc(OC(=O)OC(C)(C)C)c(OC)cc43)C(=O)OC[C@H]1c1c3c(c(C)c(OC(=O)CCCCCCC)c12)OCO3. The van der Waals surface area contributed by atoms with E-state index in [1.165, 1.54) is 26.0 Å². The number of thioether (sulfide) groups is 1. The molecule has 7 heterocycles. The zero-order valence-electron chi connectivity index (χ0n) is 41.4. The van der Waals surface area contributed by atoms with Crippen LogP contribution in [0.5, 0.6) is 40.2 Å². The van der Waals surface area contributed by atoms with E-state index in [2.05, 4.69) is 34.7 Å². The Morgan fingerprint density at radius 2 is 1.77 bits per heavy atom. The van der Waals surface area contributed by atoms with Crippen LogP contribution in [0.2, 0.25) is 0 Å². The summed E-state index contributed by atoms with van der Waals surface area (Å²) < 4.78 is 48.7. The van der Waals surface area contributed by atoms with Crippen LogP contribution in [0.3, 0.4) is 0 Å². The maximum absolute atomic E-state index is 15.3. The number of ether oxygens (including phenoxy) is 8. The predicted molar refractivity (Wildman–Crippen MR) is 260 cm³/mol. The molecule has 0 radical (unpaired) electrons. The molecule has 3 aromatic rings. The Morgan fingerprint density at radius 3 is 2.49 bits per heavy atom. The van der Waals surface area contributed by atoms with Gasteiger partial charge in [0.15, 0.2) is 40.0 Å². The van der Waals surface area contributed by atoms with Gasteiger partial charge in [-0.15, -0.1) is 18.3 Å².